The summed E-state index contributed by atoms with van der Waals surface area (Å²) >= 11 is 0. The number of amides is 1. The van der Waals surface area contributed by atoms with Gasteiger partial charge in [-0.3, -0.25) is 9.59 Å². The average Bonchev–Trinajstić information content (AvgIpc) is 2.46. The van der Waals surface area contributed by atoms with Gasteiger partial charge in [-0.25, -0.2) is 0 Å². The van der Waals surface area contributed by atoms with Crippen molar-refractivity contribution in [3.63, 3.8) is 0 Å². The summed E-state index contributed by atoms with van der Waals surface area (Å²) in [5, 5.41) is 18.5. The number of aliphatic hydroxyl groups is 1. The van der Waals surface area contributed by atoms with E-state index in [2.05, 4.69) is 0 Å². The van der Waals surface area contributed by atoms with Gasteiger partial charge in [-0.15, -0.1) is 0 Å². The first kappa shape index (κ1) is 14.0. The van der Waals surface area contributed by atoms with E-state index in [0.29, 0.717) is 32.6 Å². The molecule has 1 aliphatic carbocycles. The lowest BCUT2D eigenvalue weighted by molar-refractivity contribution is -0.155. The molecule has 0 radical (unpaired) electrons. The number of carbonyl (C=O) groups is 2. The Balaban J connectivity index is 2.12. The Morgan fingerprint density at radius 2 is 1.95 bits per heavy atom. The SMILES string of the molecule is O=C(O)C1CC=CCC1C(=O)N1CCOCC1CO. The number of carbonyl (C=O) groups excluding carboxylic acids is 1. The van der Waals surface area contributed by atoms with Crippen LogP contribution in [0, 0.1) is 11.8 Å². The molecule has 2 aliphatic rings. The van der Waals surface area contributed by atoms with Gasteiger partial charge in [0.25, 0.3) is 0 Å². The van der Waals surface area contributed by atoms with Crippen molar-refractivity contribution >= 4 is 11.9 Å². The summed E-state index contributed by atoms with van der Waals surface area (Å²) in [7, 11) is 0. The fraction of sp³-hybridized carbons (Fsp3) is 0.692. The summed E-state index contributed by atoms with van der Waals surface area (Å²) in [4.78, 5) is 25.3. The molecule has 0 bridgehead atoms. The van der Waals surface area contributed by atoms with E-state index in [9.17, 15) is 19.8 Å². The summed E-state index contributed by atoms with van der Waals surface area (Å²) < 4.78 is 5.23. The zero-order valence-electron chi connectivity index (χ0n) is 10.7. The number of aliphatic carboxylic acids is 1. The van der Waals surface area contributed by atoms with Crippen LogP contribution in [0.5, 0.6) is 0 Å². The fourth-order valence-corrected chi connectivity index (χ4v) is 2.67. The van der Waals surface area contributed by atoms with E-state index in [0.717, 1.165) is 0 Å². The fourth-order valence-electron chi connectivity index (χ4n) is 2.67. The lowest BCUT2D eigenvalue weighted by Crippen LogP contribution is -2.53. The zero-order valence-corrected chi connectivity index (χ0v) is 10.7. The van der Waals surface area contributed by atoms with Crippen LogP contribution in [0.25, 0.3) is 0 Å². The molecule has 0 spiro atoms. The molecule has 0 aromatic carbocycles. The Hall–Kier alpha value is -1.40. The Labute approximate surface area is 111 Å². The molecule has 106 valence electrons. The highest BCUT2D eigenvalue weighted by molar-refractivity contribution is 5.85. The Bertz CT molecular complexity index is 381. The van der Waals surface area contributed by atoms with Crippen molar-refractivity contribution < 1.29 is 24.5 Å². The molecule has 6 nitrogen and oxygen atoms in total. The zero-order chi connectivity index (χ0) is 13.8. The molecule has 3 unspecified atom stereocenters. The predicted octanol–water partition coefficient (Wildman–Crippen LogP) is -0.127. The van der Waals surface area contributed by atoms with Crippen LogP contribution in [-0.2, 0) is 14.3 Å². The van der Waals surface area contributed by atoms with E-state index in [1.165, 1.54) is 0 Å². The van der Waals surface area contributed by atoms with Gasteiger partial charge in [0.05, 0.1) is 37.7 Å². The molecular formula is C13H19NO5. The van der Waals surface area contributed by atoms with Crippen molar-refractivity contribution in [2.75, 3.05) is 26.4 Å². The lowest BCUT2D eigenvalue weighted by Gasteiger charge is -2.38. The number of morpholine rings is 1. The van der Waals surface area contributed by atoms with Gasteiger partial charge >= 0.3 is 5.97 Å². The molecule has 0 saturated carbocycles. The smallest absolute Gasteiger partial charge is 0.307 e. The molecule has 2 rings (SSSR count). The monoisotopic (exact) mass is 269 g/mol. The molecule has 1 saturated heterocycles. The molecule has 19 heavy (non-hydrogen) atoms. The summed E-state index contributed by atoms with van der Waals surface area (Å²) in [5.41, 5.74) is 0. The van der Waals surface area contributed by atoms with Crippen LogP contribution in [0.2, 0.25) is 0 Å². The highest BCUT2D eigenvalue weighted by Gasteiger charge is 2.39. The third kappa shape index (κ3) is 2.96. The van der Waals surface area contributed by atoms with Crippen molar-refractivity contribution in [2.24, 2.45) is 11.8 Å². The number of rotatable bonds is 3. The highest BCUT2D eigenvalue weighted by Crippen LogP contribution is 2.28. The first-order valence-electron chi connectivity index (χ1n) is 6.52. The van der Waals surface area contributed by atoms with Crippen molar-refractivity contribution in [1.29, 1.82) is 0 Å². The normalized spacial score (nSPS) is 31.2. The second kappa shape index (κ2) is 6.16. The summed E-state index contributed by atoms with van der Waals surface area (Å²) in [6.45, 7) is 0.994. The molecule has 1 fully saturated rings. The van der Waals surface area contributed by atoms with Crippen LogP contribution < -0.4 is 0 Å². The topological polar surface area (TPSA) is 87.1 Å². The third-order valence-electron chi connectivity index (χ3n) is 3.79. The number of allylic oxidation sites excluding steroid dienone is 2. The standard InChI is InChI=1S/C13H19NO5/c15-7-9-8-19-6-5-14(9)12(16)10-3-1-2-4-11(10)13(17)18/h1-2,9-11,15H,3-8H2,(H,17,18). The number of hydrogen-bond acceptors (Lipinski definition) is 4. The van der Waals surface area contributed by atoms with Crippen LogP contribution >= 0.6 is 0 Å². The van der Waals surface area contributed by atoms with E-state index in [4.69, 9.17) is 4.74 Å². The first-order valence-corrected chi connectivity index (χ1v) is 6.52. The van der Waals surface area contributed by atoms with Gasteiger partial charge in [0.1, 0.15) is 0 Å². The molecule has 2 N–H and O–H groups in total. The Morgan fingerprint density at radius 1 is 1.26 bits per heavy atom. The maximum absolute atomic E-state index is 12.5. The van der Waals surface area contributed by atoms with E-state index in [1.54, 1.807) is 4.90 Å². The highest BCUT2D eigenvalue weighted by atomic mass is 16.5. The van der Waals surface area contributed by atoms with Gasteiger partial charge in [0, 0.05) is 6.54 Å². The quantitative estimate of drug-likeness (QED) is 0.697. The Kier molecular flexibility index (Phi) is 4.55. The predicted molar refractivity (Wildman–Crippen MR) is 66.4 cm³/mol. The Morgan fingerprint density at radius 3 is 2.58 bits per heavy atom. The van der Waals surface area contributed by atoms with Crippen LogP contribution in [0.4, 0.5) is 0 Å². The maximum atomic E-state index is 12.5. The van der Waals surface area contributed by atoms with Crippen LogP contribution in [0.1, 0.15) is 12.8 Å². The lowest BCUT2D eigenvalue weighted by atomic mass is 9.82. The third-order valence-corrected chi connectivity index (χ3v) is 3.79. The van der Waals surface area contributed by atoms with Gasteiger partial charge in [-0.1, -0.05) is 12.2 Å². The molecule has 0 aromatic heterocycles. The molecule has 0 aromatic rings. The van der Waals surface area contributed by atoms with E-state index in [-0.39, 0.29) is 18.6 Å². The molecule has 1 heterocycles. The number of hydrogen-bond donors (Lipinski definition) is 2. The van der Waals surface area contributed by atoms with Gasteiger partial charge < -0.3 is 19.8 Å². The van der Waals surface area contributed by atoms with Gasteiger partial charge in [0.15, 0.2) is 0 Å². The van der Waals surface area contributed by atoms with Gasteiger partial charge in [-0.2, -0.15) is 0 Å². The number of carboxylic acid groups (broad SMARTS) is 1. The summed E-state index contributed by atoms with van der Waals surface area (Å²) in [5.74, 6) is -2.31. The van der Waals surface area contributed by atoms with Crippen molar-refractivity contribution in [3.8, 4) is 0 Å². The minimum absolute atomic E-state index is 0.161. The van der Waals surface area contributed by atoms with Crippen LogP contribution in [0.3, 0.4) is 0 Å². The number of carboxylic acids is 1. The summed E-state index contributed by atoms with van der Waals surface area (Å²) in [6, 6.07) is -0.360. The minimum Gasteiger partial charge on any atom is -0.481 e. The number of aliphatic hydroxyl groups excluding tert-OH is 1. The van der Waals surface area contributed by atoms with Gasteiger partial charge in [-0.05, 0) is 12.8 Å². The van der Waals surface area contributed by atoms with Crippen molar-refractivity contribution in [1.82, 2.24) is 4.90 Å². The number of nitrogens with zero attached hydrogens (tertiary/aromatic N) is 1. The second-order valence-electron chi connectivity index (χ2n) is 4.94. The van der Waals surface area contributed by atoms with Crippen molar-refractivity contribution in [3.05, 3.63) is 12.2 Å². The minimum atomic E-state index is -0.934. The van der Waals surface area contributed by atoms with Crippen LogP contribution in [0.15, 0.2) is 12.2 Å². The summed E-state index contributed by atoms with van der Waals surface area (Å²) in [6.07, 6.45) is 4.51. The van der Waals surface area contributed by atoms with Gasteiger partial charge in [0.2, 0.25) is 5.91 Å². The largest absolute Gasteiger partial charge is 0.481 e. The van der Waals surface area contributed by atoms with Crippen LogP contribution in [-0.4, -0.2) is 59.4 Å². The molecule has 1 amide bonds. The molecule has 6 heteroatoms. The van der Waals surface area contributed by atoms with E-state index >= 15 is 0 Å². The number of ether oxygens (including phenoxy) is 1. The average molecular weight is 269 g/mol. The first-order chi connectivity index (χ1) is 9.15. The molecule has 3 atom stereocenters. The molecule has 1 aliphatic heterocycles. The second-order valence-corrected chi connectivity index (χ2v) is 4.94. The molecular weight excluding hydrogens is 250 g/mol. The van der Waals surface area contributed by atoms with Crippen molar-refractivity contribution in [2.45, 2.75) is 18.9 Å². The maximum Gasteiger partial charge on any atom is 0.307 e. The van der Waals surface area contributed by atoms with E-state index < -0.39 is 17.8 Å². The van der Waals surface area contributed by atoms with E-state index in [1.807, 2.05) is 12.2 Å².